The van der Waals surface area contributed by atoms with Crippen LogP contribution in [0.3, 0.4) is 0 Å². The largest absolute Gasteiger partial charge is 0.462 e. The summed E-state index contributed by atoms with van der Waals surface area (Å²) in [6, 6.07) is 4.76. The first-order valence-corrected chi connectivity index (χ1v) is 6.34. The Morgan fingerprint density at radius 1 is 1.44 bits per heavy atom. The number of carbonyl (C=O) groups is 1. The molecule has 1 aromatic carbocycles. The van der Waals surface area contributed by atoms with Crippen LogP contribution in [-0.2, 0) is 9.47 Å². The van der Waals surface area contributed by atoms with Gasteiger partial charge in [-0.3, -0.25) is 0 Å². The first-order valence-electron chi connectivity index (χ1n) is 5.96. The second-order valence-electron chi connectivity index (χ2n) is 4.39. The minimum atomic E-state index is -0.393. The number of nitrogens with two attached hydrogens (primary N) is 1. The number of hydrogen-bond donors (Lipinski definition) is 1. The van der Waals surface area contributed by atoms with Gasteiger partial charge in [0.05, 0.1) is 12.2 Å². The Labute approximate surface area is 111 Å². The van der Waals surface area contributed by atoms with Crippen molar-refractivity contribution in [2.45, 2.75) is 12.8 Å². The van der Waals surface area contributed by atoms with Crippen molar-refractivity contribution in [1.82, 2.24) is 0 Å². The van der Waals surface area contributed by atoms with E-state index in [9.17, 15) is 4.79 Å². The molecule has 4 nitrogen and oxygen atoms in total. The van der Waals surface area contributed by atoms with Crippen molar-refractivity contribution in [3.63, 3.8) is 0 Å². The van der Waals surface area contributed by atoms with Crippen molar-refractivity contribution >= 4 is 23.3 Å². The lowest BCUT2D eigenvalue weighted by molar-refractivity contribution is 0.0186. The Balaban J connectivity index is 1.90. The van der Waals surface area contributed by atoms with Crippen molar-refractivity contribution in [2.75, 3.05) is 25.6 Å². The van der Waals surface area contributed by atoms with Crippen molar-refractivity contribution in [3.05, 3.63) is 28.8 Å². The average molecular weight is 270 g/mol. The lowest BCUT2D eigenvalue weighted by Crippen LogP contribution is -2.22. The third-order valence-electron chi connectivity index (χ3n) is 3.02. The Morgan fingerprint density at radius 3 is 2.83 bits per heavy atom. The molecule has 1 heterocycles. The van der Waals surface area contributed by atoms with Crippen LogP contribution in [0.25, 0.3) is 0 Å². The summed E-state index contributed by atoms with van der Waals surface area (Å²) in [6.07, 6.45) is 1.87. The van der Waals surface area contributed by atoms with Crippen molar-refractivity contribution in [2.24, 2.45) is 5.92 Å². The van der Waals surface area contributed by atoms with E-state index in [0.29, 0.717) is 28.8 Å². The molecule has 0 unspecified atom stereocenters. The van der Waals surface area contributed by atoms with E-state index < -0.39 is 5.97 Å². The molecule has 0 aromatic heterocycles. The quantitative estimate of drug-likeness (QED) is 0.676. The molecule has 0 spiro atoms. The highest BCUT2D eigenvalue weighted by Crippen LogP contribution is 2.20. The molecule has 1 fully saturated rings. The average Bonchev–Trinajstić information content (AvgIpc) is 2.37. The summed E-state index contributed by atoms with van der Waals surface area (Å²) in [6.45, 7) is 1.90. The number of halogens is 1. The SMILES string of the molecule is Nc1cc(Cl)ccc1C(=O)OCC1CCOCC1. The van der Waals surface area contributed by atoms with Crippen molar-refractivity contribution < 1.29 is 14.3 Å². The Kier molecular flexibility index (Phi) is 4.44. The van der Waals surface area contributed by atoms with Crippen LogP contribution in [0.15, 0.2) is 18.2 Å². The molecule has 1 aromatic rings. The fourth-order valence-electron chi connectivity index (χ4n) is 1.90. The third-order valence-corrected chi connectivity index (χ3v) is 3.26. The van der Waals surface area contributed by atoms with Gasteiger partial charge < -0.3 is 15.2 Å². The van der Waals surface area contributed by atoms with Gasteiger partial charge in [-0.1, -0.05) is 11.6 Å². The van der Waals surface area contributed by atoms with Gasteiger partial charge in [0.25, 0.3) is 0 Å². The number of nitrogen functional groups attached to an aromatic ring is 1. The maximum Gasteiger partial charge on any atom is 0.340 e. The summed E-state index contributed by atoms with van der Waals surface area (Å²) < 4.78 is 10.5. The molecule has 0 bridgehead atoms. The van der Waals surface area contributed by atoms with E-state index in [1.807, 2.05) is 0 Å². The number of carbonyl (C=O) groups excluding carboxylic acids is 1. The molecule has 0 saturated carbocycles. The van der Waals surface area contributed by atoms with E-state index in [4.69, 9.17) is 26.8 Å². The number of anilines is 1. The van der Waals surface area contributed by atoms with Crippen LogP contribution in [0.1, 0.15) is 23.2 Å². The van der Waals surface area contributed by atoms with E-state index in [1.54, 1.807) is 18.2 Å². The van der Waals surface area contributed by atoms with Crippen molar-refractivity contribution in [1.29, 1.82) is 0 Å². The molecular formula is C13H16ClNO3. The molecule has 0 amide bonds. The zero-order valence-corrected chi connectivity index (χ0v) is 10.8. The predicted octanol–water partition coefficient (Wildman–Crippen LogP) is 2.51. The molecule has 1 saturated heterocycles. The molecule has 18 heavy (non-hydrogen) atoms. The molecule has 2 rings (SSSR count). The highest BCUT2D eigenvalue weighted by molar-refractivity contribution is 6.31. The highest BCUT2D eigenvalue weighted by atomic mass is 35.5. The number of esters is 1. The lowest BCUT2D eigenvalue weighted by Gasteiger charge is -2.21. The normalized spacial score (nSPS) is 16.5. The van der Waals surface area contributed by atoms with E-state index in [1.165, 1.54) is 0 Å². The van der Waals surface area contributed by atoms with Crippen LogP contribution in [0.5, 0.6) is 0 Å². The zero-order valence-electron chi connectivity index (χ0n) is 10.0. The van der Waals surface area contributed by atoms with Crippen LogP contribution in [0, 0.1) is 5.92 Å². The van der Waals surface area contributed by atoms with Gasteiger partial charge in [-0.25, -0.2) is 4.79 Å². The molecule has 2 N–H and O–H groups in total. The van der Waals surface area contributed by atoms with Gasteiger partial charge in [0.15, 0.2) is 0 Å². The van der Waals surface area contributed by atoms with Gasteiger partial charge in [-0.05, 0) is 37.0 Å². The lowest BCUT2D eigenvalue weighted by atomic mass is 10.0. The van der Waals surface area contributed by atoms with Gasteiger partial charge in [-0.2, -0.15) is 0 Å². The second-order valence-corrected chi connectivity index (χ2v) is 4.82. The molecular weight excluding hydrogens is 254 g/mol. The second kappa shape index (κ2) is 6.07. The smallest absolute Gasteiger partial charge is 0.340 e. The summed E-state index contributed by atoms with van der Waals surface area (Å²) in [4.78, 5) is 11.8. The summed E-state index contributed by atoms with van der Waals surface area (Å²) in [5.74, 6) is -0.00752. The molecule has 1 aliphatic heterocycles. The van der Waals surface area contributed by atoms with Crippen LogP contribution in [0.4, 0.5) is 5.69 Å². The third kappa shape index (κ3) is 3.37. The van der Waals surface area contributed by atoms with Crippen LogP contribution in [-0.4, -0.2) is 25.8 Å². The fourth-order valence-corrected chi connectivity index (χ4v) is 2.08. The van der Waals surface area contributed by atoms with Crippen LogP contribution >= 0.6 is 11.6 Å². The minimum absolute atomic E-state index is 0.347. The molecule has 0 atom stereocenters. The number of ether oxygens (including phenoxy) is 2. The van der Waals surface area contributed by atoms with Gasteiger partial charge >= 0.3 is 5.97 Å². The standard InChI is InChI=1S/C13H16ClNO3/c14-10-1-2-11(12(15)7-10)13(16)18-8-9-3-5-17-6-4-9/h1-2,7,9H,3-6,8,15H2. The Morgan fingerprint density at radius 2 is 2.17 bits per heavy atom. The fraction of sp³-hybridized carbons (Fsp3) is 0.462. The van der Waals surface area contributed by atoms with Crippen molar-refractivity contribution in [3.8, 4) is 0 Å². The van der Waals surface area contributed by atoms with Gasteiger partial charge in [0.2, 0.25) is 0 Å². The van der Waals surface area contributed by atoms with E-state index in [2.05, 4.69) is 0 Å². The molecule has 0 radical (unpaired) electrons. The van der Waals surface area contributed by atoms with Gasteiger partial charge in [0.1, 0.15) is 0 Å². The van der Waals surface area contributed by atoms with E-state index in [-0.39, 0.29) is 0 Å². The predicted molar refractivity (Wildman–Crippen MR) is 69.7 cm³/mol. The molecule has 0 aliphatic carbocycles. The monoisotopic (exact) mass is 269 g/mol. The number of hydrogen-bond acceptors (Lipinski definition) is 4. The number of rotatable bonds is 3. The molecule has 1 aliphatic rings. The molecule has 98 valence electrons. The summed E-state index contributed by atoms with van der Waals surface area (Å²) in [5.41, 5.74) is 6.44. The minimum Gasteiger partial charge on any atom is -0.462 e. The number of benzene rings is 1. The highest BCUT2D eigenvalue weighted by Gasteiger charge is 2.17. The van der Waals surface area contributed by atoms with Crippen LogP contribution in [0.2, 0.25) is 5.02 Å². The summed E-state index contributed by atoms with van der Waals surface area (Å²) in [5, 5.41) is 0.508. The van der Waals surface area contributed by atoms with Crippen LogP contribution < -0.4 is 5.73 Å². The summed E-state index contributed by atoms with van der Waals surface area (Å²) in [7, 11) is 0. The van der Waals surface area contributed by atoms with E-state index in [0.717, 1.165) is 26.1 Å². The molecule has 5 heteroatoms. The maximum absolute atomic E-state index is 11.8. The first kappa shape index (κ1) is 13.2. The first-order chi connectivity index (χ1) is 8.66. The van der Waals surface area contributed by atoms with E-state index >= 15 is 0 Å². The maximum atomic E-state index is 11.8. The Hall–Kier alpha value is -1.26. The summed E-state index contributed by atoms with van der Waals surface area (Å²) >= 11 is 5.77. The Bertz CT molecular complexity index is 430. The van der Waals surface area contributed by atoms with Gasteiger partial charge in [-0.15, -0.1) is 0 Å². The topological polar surface area (TPSA) is 61.6 Å². The van der Waals surface area contributed by atoms with Gasteiger partial charge in [0, 0.05) is 23.9 Å². The zero-order chi connectivity index (χ0) is 13.0.